The molecule has 0 aliphatic carbocycles. The number of thioether (sulfide) groups is 1. The van der Waals surface area contributed by atoms with Gasteiger partial charge in [-0.05, 0) is 30.3 Å². The first kappa shape index (κ1) is 20.5. The molecule has 4 rings (SSSR count). The van der Waals surface area contributed by atoms with Crippen LogP contribution in [-0.4, -0.2) is 21.1 Å². The standard InChI is InChI=1S/C20H16FN5OS3/c21-13-5-4-8-15(9-13)24-19-25-26-20(30-19)29-12-16-11-28-18(23-16)10-17(27)22-14-6-2-1-3-7-14/h1-9,11H,10,12H2,(H,22,27)(H,24,25). The number of aromatic nitrogens is 3. The third kappa shape index (κ3) is 5.85. The first-order valence-corrected chi connectivity index (χ1v) is 11.6. The third-order valence-electron chi connectivity index (χ3n) is 3.79. The van der Waals surface area contributed by atoms with Crippen molar-refractivity contribution >= 4 is 56.8 Å². The zero-order chi connectivity index (χ0) is 20.8. The second-order valence-electron chi connectivity index (χ2n) is 6.12. The van der Waals surface area contributed by atoms with Crippen LogP contribution in [0.4, 0.5) is 20.9 Å². The largest absolute Gasteiger partial charge is 0.330 e. The number of hydrogen-bond donors (Lipinski definition) is 2. The zero-order valence-corrected chi connectivity index (χ0v) is 18.0. The number of carbonyl (C=O) groups is 1. The van der Waals surface area contributed by atoms with Gasteiger partial charge in [-0.1, -0.05) is 47.4 Å². The van der Waals surface area contributed by atoms with Gasteiger partial charge in [0, 0.05) is 22.5 Å². The summed E-state index contributed by atoms with van der Waals surface area (Å²) in [6, 6.07) is 15.5. The number of hydrogen-bond acceptors (Lipinski definition) is 8. The quantitative estimate of drug-likeness (QED) is 0.347. The van der Waals surface area contributed by atoms with Gasteiger partial charge >= 0.3 is 0 Å². The topological polar surface area (TPSA) is 79.8 Å². The van der Waals surface area contributed by atoms with E-state index in [2.05, 4.69) is 25.8 Å². The lowest BCUT2D eigenvalue weighted by atomic mass is 10.3. The van der Waals surface area contributed by atoms with Gasteiger partial charge < -0.3 is 10.6 Å². The second-order valence-corrected chi connectivity index (χ2v) is 9.26. The molecule has 0 aliphatic heterocycles. The maximum Gasteiger partial charge on any atom is 0.231 e. The monoisotopic (exact) mass is 457 g/mol. The molecule has 2 heterocycles. The van der Waals surface area contributed by atoms with Gasteiger partial charge in [-0.3, -0.25) is 4.79 Å². The Morgan fingerprint density at radius 2 is 1.90 bits per heavy atom. The van der Waals surface area contributed by atoms with Gasteiger partial charge in [-0.15, -0.1) is 21.5 Å². The number of nitrogens with one attached hydrogen (secondary N) is 2. The van der Waals surface area contributed by atoms with Crippen molar-refractivity contribution in [2.24, 2.45) is 0 Å². The first-order chi connectivity index (χ1) is 14.6. The van der Waals surface area contributed by atoms with E-state index in [-0.39, 0.29) is 18.1 Å². The molecule has 6 nitrogen and oxygen atoms in total. The maximum absolute atomic E-state index is 13.3. The minimum absolute atomic E-state index is 0.0908. The van der Waals surface area contributed by atoms with Crippen molar-refractivity contribution in [2.75, 3.05) is 10.6 Å². The van der Waals surface area contributed by atoms with E-state index in [9.17, 15) is 9.18 Å². The fraction of sp³-hybridized carbons (Fsp3) is 0.100. The van der Waals surface area contributed by atoms with Gasteiger partial charge in [-0.2, -0.15) is 0 Å². The van der Waals surface area contributed by atoms with Crippen LogP contribution >= 0.6 is 34.4 Å². The minimum Gasteiger partial charge on any atom is -0.330 e. The predicted octanol–water partition coefficient (Wildman–Crippen LogP) is 5.35. The third-order valence-corrected chi connectivity index (χ3v) is 6.70. The SMILES string of the molecule is O=C(Cc1nc(CSc2nnc(Nc3cccc(F)c3)s2)cs1)Nc1ccccc1. The van der Waals surface area contributed by atoms with Crippen LogP contribution < -0.4 is 10.6 Å². The Labute approximate surface area is 184 Å². The predicted molar refractivity (Wildman–Crippen MR) is 120 cm³/mol. The number of halogens is 1. The van der Waals surface area contributed by atoms with Gasteiger partial charge in [-0.25, -0.2) is 9.37 Å². The van der Waals surface area contributed by atoms with Crippen molar-refractivity contribution < 1.29 is 9.18 Å². The molecule has 0 atom stereocenters. The highest BCUT2D eigenvalue weighted by Gasteiger charge is 2.11. The Hall–Kier alpha value is -2.82. The fourth-order valence-electron chi connectivity index (χ4n) is 2.50. The average molecular weight is 458 g/mol. The number of anilines is 3. The van der Waals surface area contributed by atoms with Gasteiger partial charge in [0.1, 0.15) is 10.8 Å². The summed E-state index contributed by atoms with van der Waals surface area (Å²) in [5.74, 6) is 0.230. The van der Waals surface area contributed by atoms with Gasteiger partial charge in [0.2, 0.25) is 11.0 Å². The molecule has 152 valence electrons. The molecule has 0 aliphatic rings. The molecule has 0 unspecified atom stereocenters. The van der Waals surface area contributed by atoms with Crippen LogP contribution in [0.25, 0.3) is 0 Å². The fourth-order valence-corrected chi connectivity index (χ4v) is 5.07. The second kappa shape index (κ2) is 9.79. The maximum atomic E-state index is 13.3. The number of nitrogens with zero attached hydrogens (tertiary/aromatic N) is 3. The lowest BCUT2D eigenvalue weighted by Crippen LogP contribution is -2.14. The van der Waals surface area contributed by atoms with Crippen molar-refractivity contribution in [3.63, 3.8) is 0 Å². The average Bonchev–Trinajstić information content (AvgIpc) is 3.36. The van der Waals surface area contributed by atoms with Crippen LogP contribution in [0.2, 0.25) is 0 Å². The van der Waals surface area contributed by atoms with E-state index in [1.807, 2.05) is 35.7 Å². The molecule has 4 aromatic rings. The molecule has 0 fully saturated rings. The zero-order valence-electron chi connectivity index (χ0n) is 15.5. The Morgan fingerprint density at radius 1 is 1.07 bits per heavy atom. The normalized spacial score (nSPS) is 10.7. The van der Waals surface area contributed by atoms with Gasteiger partial charge in [0.25, 0.3) is 0 Å². The van der Waals surface area contributed by atoms with Crippen molar-refractivity contribution in [1.29, 1.82) is 0 Å². The van der Waals surface area contributed by atoms with Gasteiger partial charge in [0.05, 0.1) is 12.1 Å². The van der Waals surface area contributed by atoms with Crippen molar-refractivity contribution in [3.8, 4) is 0 Å². The first-order valence-electron chi connectivity index (χ1n) is 8.91. The van der Waals surface area contributed by atoms with Crippen LogP contribution in [0, 0.1) is 5.82 Å². The summed E-state index contributed by atoms with van der Waals surface area (Å²) >= 11 is 4.37. The summed E-state index contributed by atoms with van der Waals surface area (Å²) in [6.07, 6.45) is 0.241. The molecule has 1 amide bonds. The van der Waals surface area contributed by atoms with Crippen molar-refractivity contribution in [1.82, 2.24) is 15.2 Å². The lowest BCUT2D eigenvalue weighted by Gasteiger charge is -2.02. The molecule has 30 heavy (non-hydrogen) atoms. The molecule has 2 aromatic heterocycles. The summed E-state index contributed by atoms with van der Waals surface area (Å²) in [6.45, 7) is 0. The Balaban J connectivity index is 1.27. The molecule has 10 heteroatoms. The number of thiazole rings is 1. The van der Waals surface area contributed by atoms with E-state index < -0.39 is 0 Å². The van der Waals surface area contributed by atoms with E-state index in [1.165, 1.54) is 46.6 Å². The number of benzene rings is 2. The highest BCUT2D eigenvalue weighted by molar-refractivity contribution is 8.00. The summed E-state index contributed by atoms with van der Waals surface area (Å²) in [5.41, 5.74) is 2.29. The van der Waals surface area contributed by atoms with E-state index in [1.54, 1.807) is 12.1 Å². The Kier molecular flexibility index (Phi) is 6.67. The van der Waals surface area contributed by atoms with Crippen molar-refractivity contribution in [2.45, 2.75) is 16.5 Å². The highest BCUT2D eigenvalue weighted by atomic mass is 32.2. The van der Waals surface area contributed by atoms with E-state index in [4.69, 9.17) is 0 Å². The van der Waals surface area contributed by atoms with E-state index in [0.29, 0.717) is 16.6 Å². The minimum atomic E-state index is -0.309. The molecular formula is C20H16FN5OS3. The van der Waals surface area contributed by atoms with Crippen LogP contribution in [0.1, 0.15) is 10.7 Å². The molecule has 0 bridgehead atoms. The summed E-state index contributed by atoms with van der Waals surface area (Å²) in [5, 5.41) is 17.4. The number of carbonyl (C=O) groups excluding carboxylic acids is 1. The van der Waals surface area contributed by atoms with Crippen LogP contribution in [0.15, 0.2) is 64.3 Å². The molecule has 0 saturated carbocycles. The molecule has 0 spiro atoms. The summed E-state index contributed by atoms with van der Waals surface area (Å²) in [7, 11) is 0. The molecule has 2 aromatic carbocycles. The molecule has 2 N–H and O–H groups in total. The van der Waals surface area contributed by atoms with E-state index >= 15 is 0 Å². The molecule has 0 saturated heterocycles. The van der Waals surface area contributed by atoms with Crippen molar-refractivity contribution in [3.05, 3.63) is 76.5 Å². The highest BCUT2D eigenvalue weighted by Crippen LogP contribution is 2.30. The summed E-state index contributed by atoms with van der Waals surface area (Å²) in [4.78, 5) is 16.7. The van der Waals surface area contributed by atoms with Crippen LogP contribution in [0.5, 0.6) is 0 Å². The van der Waals surface area contributed by atoms with Crippen LogP contribution in [0.3, 0.4) is 0 Å². The molecular weight excluding hydrogens is 441 g/mol. The number of rotatable bonds is 8. The number of amides is 1. The molecule has 0 radical (unpaired) electrons. The number of para-hydroxylation sites is 1. The lowest BCUT2D eigenvalue weighted by molar-refractivity contribution is -0.115. The smallest absolute Gasteiger partial charge is 0.231 e. The Bertz CT molecular complexity index is 1130. The summed E-state index contributed by atoms with van der Waals surface area (Å²) < 4.78 is 14.0. The van der Waals surface area contributed by atoms with Gasteiger partial charge in [0.15, 0.2) is 4.34 Å². The Morgan fingerprint density at radius 3 is 2.73 bits per heavy atom. The van der Waals surface area contributed by atoms with Crippen LogP contribution in [-0.2, 0) is 17.0 Å². The van der Waals surface area contributed by atoms with E-state index in [0.717, 1.165) is 20.7 Å².